The zero-order valence-corrected chi connectivity index (χ0v) is 15.1. The molecule has 0 amide bonds. The van der Waals surface area contributed by atoms with Crippen LogP contribution in [0.5, 0.6) is 0 Å². The highest BCUT2D eigenvalue weighted by Gasteiger charge is 2.05. The summed E-state index contributed by atoms with van der Waals surface area (Å²) in [6.07, 6.45) is 1.79. The second-order valence-corrected chi connectivity index (χ2v) is 6.26. The van der Waals surface area contributed by atoms with E-state index in [1.54, 1.807) is 6.34 Å². The third-order valence-corrected chi connectivity index (χ3v) is 4.14. The first-order valence-electron chi connectivity index (χ1n) is 7.52. The number of anilines is 1. The molecule has 0 aliphatic carbocycles. The van der Waals surface area contributed by atoms with Crippen LogP contribution in [0.1, 0.15) is 18.1 Å². The van der Waals surface area contributed by atoms with E-state index in [9.17, 15) is 0 Å². The van der Waals surface area contributed by atoms with Crippen LogP contribution in [-0.4, -0.2) is 24.8 Å². The Bertz CT molecular complexity index is 681. The highest BCUT2D eigenvalue weighted by atomic mass is 35.5. The predicted octanol–water partition coefficient (Wildman–Crippen LogP) is 5.53. The van der Waals surface area contributed by atoms with Crippen molar-refractivity contribution in [3.63, 3.8) is 0 Å². The van der Waals surface area contributed by atoms with Gasteiger partial charge in [-0.25, -0.2) is 4.99 Å². The average molecular weight is 350 g/mol. The number of aliphatic imine (C=N–C) groups is 1. The number of halogens is 2. The van der Waals surface area contributed by atoms with Gasteiger partial charge in [-0.2, -0.15) is 0 Å². The Morgan fingerprint density at radius 2 is 1.87 bits per heavy atom. The van der Waals surface area contributed by atoms with Gasteiger partial charge in [-0.3, -0.25) is 0 Å². The normalized spacial score (nSPS) is 11.0. The molecule has 0 aromatic heterocycles. The van der Waals surface area contributed by atoms with E-state index >= 15 is 0 Å². The Labute approximate surface area is 147 Å². The Morgan fingerprint density at radius 1 is 1.17 bits per heavy atom. The molecule has 0 heterocycles. The van der Waals surface area contributed by atoms with Crippen LogP contribution in [0.25, 0.3) is 0 Å². The van der Waals surface area contributed by atoms with Gasteiger partial charge < -0.3 is 10.2 Å². The van der Waals surface area contributed by atoms with Gasteiger partial charge in [0.15, 0.2) is 0 Å². The monoisotopic (exact) mass is 349 g/mol. The van der Waals surface area contributed by atoms with Crippen molar-refractivity contribution in [2.75, 3.05) is 18.9 Å². The molecule has 3 nitrogen and oxygen atoms in total. The molecule has 0 bridgehead atoms. The van der Waals surface area contributed by atoms with Gasteiger partial charge in [-0.15, -0.1) is 0 Å². The molecule has 0 fully saturated rings. The van der Waals surface area contributed by atoms with Crippen molar-refractivity contribution in [3.05, 3.63) is 57.6 Å². The van der Waals surface area contributed by atoms with Crippen molar-refractivity contribution in [2.45, 2.75) is 20.4 Å². The van der Waals surface area contributed by atoms with Crippen LogP contribution >= 0.6 is 23.2 Å². The number of aryl methyl sites for hydroxylation is 1. The molecule has 122 valence electrons. The van der Waals surface area contributed by atoms with Crippen molar-refractivity contribution < 1.29 is 0 Å². The lowest BCUT2D eigenvalue weighted by atomic mass is 10.1. The van der Waals surface area contributed by atoms with Gasteiger partial charge in [0, 0.05) is 30.8 Å². The molecule has 23 heavy (non-hydrogen) atoms. The smallest absolute Gasteiger partial charge is 0.0910 e. The van der Waals surface area contributed by atoms with Gasteiger partial charge in [0.25, 0.3) is 0 Å². The summed E-state index contributed by atoms with van der Waals surface area (Å²) in [5.41, 5.74) is 4.06. The number of nitrogens with zero attached hydrogens (tertiary/aromatic N) is 2. The van der Waals surface area contributed by atoms with Crippen molar-refractivity contribution in [3.8, 4) is 0 Å². The lowest BCUT2D eigenvalue weighted by Crippen LogP contribution is -2.14. The summed E-state index contributed by atoms with van der Waals surface area (Å²) < 4.78 is 0. The average Bonchev–Trinajstić information content (AvgIpc) is 2.55. The van der Waals surface area contributed by atoms with E-state index in [1.165, 1.54) is 0 Å². The fourth-order valence-electron chi connectivity index (χ4n) is 2.00. The van der Waals surface area contributed by atoms with E-state index in [0.717, 1.165) is 40.6 Å². The first-order valence-corrected chi connectivity index (χ1v) is 8.28. The molecule has 0 aliphatic heterocycles. The fraction of sp³-hybridized carbons (Fsp3) is 0.278. The van der Waals surface area contributed by atoms with Crippen LogP contribution < -0.4 is 5.32 Å². The maximum atomic E-state index is 6.34. The molecule has 0 aliphatic rings. The first kappa shape index (κ1) is 17.6. The van der Waals surface area contributed by atoms with Gasteiger partial charge in [0.1, 0.15) is 0 Å². The Balaban J connectivity index is 2.10. The van der Waals surface area contributed by atoms with Crippen molar-refractivity contribution >= 4 is 40.9 Å². The molecule has 0 unspecified atom stereocenters. The number of rotatable bonds is 6. The number of hydrogen-bond donors (Lipinski definition) is 1. The lowest BCUT2D eigenvalue weighted by molar-refractivity contribution is 0.552. The van der Waals surface area contributed by atoms with Crippen LogP contribution in [0, 0.1) is 6.92 Å². The van der Waals surface area contributed by atoms with Crippen molar-refractivity contribution in [2.24, 2.45) is 4.99 Å². The zero-order valence-electron chi connectivity index (χ0n) is 13.6. The van der Waals surface area contributed by atoms with E-state index in [2.05, 4.69) is 17.2 Å². The summed E-state index contributed by atoms with van der Waals surface area (Å²) in [6, 6.07) is 11.7. The molecule has 0 spiro atoms. The van der Waals surface area contributed by atoms with Gasteiger partial charge in [-0.05, 0) is 49.2 Å². The van der Waals surface area contributed by atoms with E-state index < -0.39 is 0 Å². The second-order valence-electron chi connectivity index (χ2n) is 5.42. The number of nitrogens with one attached hydrogen (secondary N) is 1. The minimum absolute atomic E-state index is 0.634. The molecule has 2 aromatic rings. The highest BCUT2D eigenvalue weighted by molar-refractivity contribution is 6.33. The molecule has 0 radical (unpaired) electrons. The maximum absolute atomic E-state index is 6.34. The molecular formula is C18H21Cl2N3. The Kier molecular flexibility index (Phi) is 6.31. The number of benzene rings is 2. The summed E-state index contributed by atoms with van der Waals surface area (Å²) in [6.45, 7) is 5.74. The summed E-state index contributed by atoms with van der Waals surface area (Å²) in [7, 11) is 1.98. The third-order valence-electron chi connectivity index (χ3n) is 3.58. The molecule has 1 N–H and O–H groups in total. The van der Waals surface area contributed by atoms with E-state index in [1.807, 2.05) is 55.3 Å². The molecule has 0 atom stereocenters. The van der Waals surface area contributed by atoms with Crippen LogP contribution in [0.2, 0.25) is 10.0 Å². The van der Waals surface area contributed by atoms with E-state index in [4.69, 9.17) is 23.2 Å². The van der Waals surface area contributed by atoms with E-state index in [0.29, 0.717) is 5.02 Å². The minimum Gasteiger partial charge on any atom is -0.381 e. The quantitative estimate of drug-likeness (QED) is 0.548. The molecule has 2 aromatic carbocycles. The van der Waals surface area contributed by atoms with Crippen molar-refractivity contribution in [1.29, 1.82) is 0 Å². The van der Waals surface area contributed by atoms with Gasteiger partial charge in [0.2, 0.25) is 0 Å². The molecule has 5 heteroatoms. The van der Waals surface area contributed by atoms with Gasteiger partial charge >= 0.3 is 0 Å². The standard InChI is InChI=1S/C18H21Cl2N3/c1-4-23(3)12-22-18-9-13(2)17(10-16(18)20)21-11-14-5-7-15(19)8-6-14/h5-10,12,21H,4,11H2,1-3H3. The Morgan fingerprint density at radius 3 is 2.52 bits per heavy atom. The maximum Gasteiger partial charge on any atom is 0.0910 e. The summed E-state index contributed by atoms with van der Waals surface area (Å²) in [5.74, 6) is 0. The number of hydrogen-bond acceptors (Lipinski definition) is 2. The zero-order chi connectivity index (χ0) is 16.8. The summed E-state index contributed by atoms with van der Waals surface area (Å²) >= 11 is 12.2. The van der Waals surface area contributed by atoms with Crippen LogP contribution in [0.15, 0.2) is 41.4 Å². The Hall–Kier alpha value is -1.71. The molecule has 2 rings (SSSR count). The highest BCUT2D eigenvalue weighted by Crippen LogP contribution is 2.31. The van der Waals surface area contributed by atoms with Crippen LogP contribution in [0.4, 0.5) is 11.4 Å². The van der Waals surface area contributed by atoms with Crippen molar-refractivity contribution in [1.82, 2.24) is 4.90 Å². The van der Waals surface area contributed by atoms with Gasteiger partial charge in [-0.1, -0.05) is 35.3 Å². The lowest BCUT2D eigenvalue weighted by Gasteiger charge is -2.13. The largest absolute Gasteiger partial charge is 0.381 e. The SMILES string of the molecule is CCN(C)C=Nc1cc(C)c(NCc2ccc(Cl)cc2)cc1Cl. The van der Waals surface area contributed by atoms with Crippen LogP contribution in [-0.2, 0) is 6.54 Å². The summed E-state index contributed by atoms with van der Waals surface area (Å²) in [4.78, 5) is 6.43. The summed E-state index contributed by atoms with van der Waals surface area (Å²) in [5, 5.41) is 4.78. The van der Waals surface area contributed by atoms with Gasteiger partial charge in [0.05, 0.1) is 17.0 Å². The fourth-order valence-corrected chi connectivity index (χ4v) is 2.34. The predicted molar refractivity (Wildman–Crippen MR) is 101 cm³/mol. The third kappa shape index (κ3) is 5.15. The minimum atomic E-state index is 0.634. The topological polar surface area (TPSA) is 27.6 Å². The molecule has 0 saturated carbocycles. The van der Waals surface area contributed by atoms with E-state index in [-0.39, 0.29) is 0 Å². The molecule has 0 saturated heterocycles. The second kappa shape index (κ2) is 8.23. The first-order chi connectivity index (χ1) is 11.0. The molecular weight excluding hydrogens is 329 g/mol. The van der Waals surface area contributed by atoms with Crippen LogP contribution in [0.3, 0.4) is 0 Å².